The van der Waals surface area contributed by atoms with Crippen molar-refractivity contribution < 1.29 is 98.1 Å². The zero-order valence-corrected chi connectivity index (χ0v) is 43.8. The molecule has 6 rings (SSSR count). The summed E-state index contributed by atoms with van der Waals surface area (Å²) in [5.74, 6) is -1.52. The number of rotatable bonds is 16. The van der Waals surface area contributed by atoms with Crippen molar-refractivity contribution in [1.82, 2.24) is 9.80 Å². The van der Waals surface area contributed by atoms with E-state index in [2.05, 4.69) is 0 Å². The number of nitrogens with zero attached hydrogens (tertiary/aromatic N) is 2. The number of halogens is 18. The van der Waals surface area contributed by atoms with Crippen LogP contribution in [0.15, 0.2) is 84.9 Å². The van der Waals surface area contributed by atoms with Gasteiger partial charge in [-0.1, -0.05) is 51.0 Å². The van der Waals surface area contributed by atoms with Gasteiger partial charge in [-0.25, -0.2) is 0 Å². The van der Waals surface area contributed by atoms with E-state index >= 15 is 0 Å². The summed E-state index contributed by atoms with van der Waals surface area (Å²) in [4.78, 5) is 27.8. The molecule has 6 atom stereocenters. The van der Waals surface area contributed by atoms with Gasteiger partial charge in [0.25, 0.3) is 0 Å². The number of carbonyl (C=O) groups excluding carboxylic acids is 2. The second-order valence-corrected chi connectivity index (χ2v) is 19.9. The quantitative estimate of drug-likeness (QED) is 0.0823. The minimum absolute atomic E-state index is 0.0103. The van der Waals surface area contributed by atoms with Gasteiger partial charge >= 0.3 is 49.0 Å². The number of ether oxygens (including phenoxy) is 2. The fourth-order valence-electron chi connectivity index (χ4n) is 10.8. The number of benzene rings is 4. The number of alkyl halides is 18. The van der Waals surface area contributed by atoms with Crippen LogP contribution in [0.4, 0.5) is 79.0 Å². The van der Waals surface area contributed by atoms with E-state index in [1.54, 1.807) is 23.6 Å². The Labute approximate surface area is 450 Å². The van der Waals surface area contributed by atoms with E-state index in [1.807, 2.05) is 13.8 Å². The molecule has 4 aromatic rings. The Morgan fingerprint density at radius 1 is 0.425 bits per heavy atom. The van der Waals surface area contributed by atoms with Gasteiger partial charge in [0.1, 0.15) is 0 Å². The normalized spacial score (nSPS) is 20.9. The van der Waals surface area contributed by atoms with Gasteiger partial charge in [0, 0.05) is 50.1 Å². The summed E-state index contributed by atoms with van der Waals surface area (Å²) in [5, 5.41) is 0. The van der Waals surface area contributed by atoms with E-state index in [-0.39, 0.29) is 50.7 Å². The van der Waals surface area contributed by atoms with Crippen molar-refractivity contribution in [2.24, 2.45) is 11.8 Å². The van der Waals surface area contributed by atoms with Crippen molar-refractivity contribution in [3.63, 3.8) is 0 Å². The highest BCUT2D eigenvalue weighted by molar-refractivity contribution is 5.70. The average Bonchev–Trinajstić information content (AvgIpc) is 3.34. The second kappa shape index (κ2) is 26.6. The minimum atomic E-state index is -4.92. The van der Waals surface area contributed by atoms with Crippen LogP contribution in [0.25, 0.3) is 0 Å². The summed E-state index contributed by atoms with van der Waals surface area (Å²) in [7, 11) is 0. The zero-order valence-electron chi connectivity index (χ0n) is 43.8. The third-order valence-electron chi connectivity index (χ3n) is 14.3. The highest BCUT2D eigenvalue weighted by atomic mass is 19.4. The molecule has 2 heterocycles. The van der Waals surface area contributed by atoms with Crippen LogP contribution in [-0.2, 0) is 69.2 Å². The van der Waals surface area contributed by atoms with Crippen LogP contribution in [0.2, 0.25) is 0 Å². The number of likely N-dealkylation sites (tertiary alicyclic amines) is 2. The van der Waals surface area contributed by atoms with Crippen LogP contribution < -0.4 is 0 Å². The first-order chi connectivity index (χ1) is 37.1. The van der Waals surface area contributed by atoms with E-state index in [0.29, 0.717) is 86.1 Å². The lowest BCUT2D eigenvalue weighted by molar-refractivity contribution is -0.146. The van der Waals surface area contributed by atoms with Gasteiger partial charge in [-0.15, -0.1) is 0 Å². The molecule has 0 bridgehead atoms. The first kappa shape index (κ1) is 65.3. The van der Waals surface area contributed by atoms with Crippen molar-refractivity contribution in [3.05, 3.63) is 141 Å². The van der Waals surface area contributed by atoms with Gasteiger partial charge in [-0.2, -0.15) is 79.0 Å². The number of piperidine rings is 2. The summed E-state index contributed by atoms with van der Waals surface area (Å²) in [6.45, 7) is 6.22. The molecule has 0 aromatic heterocycles. The van der Waals surface area contributed by atoms with Crippen molar-refractivity contribution >= 4 is 11.9 Å². The molecule has 0 radical (unpaired) electrons. The Morgan fingerprint density at radius 2 is 0.725 bits per heavy atom. The average molecular weight is 1170 g/mol. The maximum Gasteiger partial charge on any atom is 0.416 e. The van der Waals surface area contributed by atoms with Gasteiger partial charge < -0.3 is 9.47 Å². The summed E-state index contributed by atoms with van der Waals surface area (Å²) in [5.41, 5.74) is -7.14. The molecule has 0 spiro atoms. The lowest BCUT2D eigenvalue weighted by Crippen LogP contribution is -2.45. The van der Waals surface area contributed by atoms with Gasteiger partial charge in [0.15, 0.2) is 0 Å². The molecule has 0 amide bonds. The van der Waals surface area contributed by atoms with E-state index < -0.39 is 131 Å². The van der Waals surface area contributed by atoms with Crippen LogP contribution in [-0.4, -0.2) is 47.0 Å². The largest absolute Gasteiger partial charge is 0.466 e. The number of carbonyl (C=O) groups is 2. The van der Waals surface area contributed by atoms with E-state index in [4.69, 9.17) is 9.47 Å². The smallest absolute Gasteiger partial charge is 0.416 e. The van der Waals surface area contributed by atoms with Crippen LogP contribution in [0.1, 0.15) is 160 Å². The van der Waals surface area contributed by atoms with Crippen molar-refractivity contribution in [2.75, 3.05) is 13.2 Å². The zero-order chi connectivity index (χ0) is 59.8. The molecule has 0 unspecified atom stereocenters. The number of hydrogen-bond acceptors (Lipinski definition) is 6. The van der Waals surface area contributed by atoms with Crippen molar-refractivity contribution in [2.45, 2.75) is 166 Å². The Kier molecular flexibility index (Phi) is 21.7. The molecule has 2 saturated heterocycles. The first-order valence-corrected chi connectivity index (χ1v) is 25.8. The SMILES string of the molecule is CCC[C@H]1C[C@@H](CC(=O)OCC)C[C@H](c2ccc(C(F)(F)F)cc2)N1Cc1cc(C(F)(F)F)ccc1C(F)(F)F.CCC[C@H]1C[C@H](CC(=O)OCC)C[C@H](c2ccc(C(F)(F)F)cc2)N1Cc1cc(C(F)(F)F)ccc1C(F)(F)F. The predicted molar refractivity (Wildman–Crippen MR) is 258 cm³/mol. The summed E-state index contributed by atoms with van der Waals surface area (Å²) in [6.07, 6.45) is -25.6. The molecule has 444 valence electrons. The summed E-state index contributed by atoms with van der Waals surface area (Å²) < 4.78 is 253. The van der Waals surface area contributed by atoms with E-state index in [9.17, 15) is 88.6 Å². The Bertz CT molecular complexity index is 2460. The molecule has 0 aliphatic carbocycles. The maximum absolute atomic E-state index is 13.9. The fraction of sp³-hybridized carbons (Fsp3) is 0.536. The molecule has 0 saturated carbocycles. The van der Waals surface area contributed by atoms with Crippen LogP contribution >= 0.6 is 0 Å². The topological polar surface area (TPSA) is 59.1 Å². The molecule has 6 nitrogen and oxygen atoms in total. The number of hydrogen-bond donors (Lipinski definition) is 0. The fourth-order valence-corrected chi connectivity index (χ4v) is 10.8. The third-order valence-corrected chi connectivity index (χ3v) is 14.3. The highest BCUT2D eigenvalue weighted by Gasteiger charge is 2.44. The third kappa shape index (κ3) is 17.7. The van der Waals surface area contributed by atoms with E-state index in [0.717, 1.165) is 24.3 Å². The van der Waals surface area contributed by atoms with Crippen LogP contribution in [0, 0.1) is 11.8 Å². The molecule has 2 fully saturated rings. The molecule has 4 aromatic carbocycles. The lowest BCUT2D eigenvalue weighted by Gasteiger charge is -2.46. The summed E-state index contributed by atoms with van der Waals surface area (Å²) in [6, 6.07) is 8.55. The Hall–Kier alpha value is -5.52. The monoisotopic (exact) mass is 1170 g/mol. The van der Waals surface area contributed by atoms with Crippen LogP contribution in [0.5, 0.6) is 0 Å². The standard InChI is InChI=1S/2C28H30F9NO2/c2*1-3-5-22-12-17(14-25(39)40-4-2)13-24(18-6-8-20(9-7-18)26(29,30)31)38(22)16-19-15-21(27(32,33)34)10-11-23(19)28(35,36)37/h2*6-11,15,17,22,24H,3-5,12-14,16H2,1-2H3/t17-,22+,24-;17-,22-,24+/m10/s1. The molecule has 2 aliphatic rings. The predicted octanol–water partition coefficient (Wildman–Crippen LogP) is 17.6. The highest BCUT2D eigenvalue weighted by Crippen LogP contribution is 2.47. The van der Waals surface area contributed by atoms with Gasteiger partial charge in [-0.05, 0) is 147 Å². The molecule has 0 N–H and O–H groups in total. The Morgan fingerprint density at radius 3 is 0.988 bits per heavy atom. The summed E-state index contributed by atoms with van der Waals surface area (Å²) >= 11 is 0. The van der Waals surface area contributed by atoms with Crippen LogP contribution in [0.3, 0.4) is 0 Å². The van der Waals surface area contributed by atoms with Gasteiger partial charge in [0.05, 0.1) is 46.6 Å². The van der Waals surface area contributed by atoms with Gasteiger partial charge in [0.2, 0.25) is 0 Å². The maximum atomic E-state index is 13.9. The molecular weight excluding hydrogens is 1110 g/mol. The second-order valence-electron chi connectivity index (χ2n) is 19.9. The van der Waals surface area contributed by atoms with E-state index in [1.165, 1.54) is 24.3 Å². The molecule has 80 heavy (non-hydrogen) atoms. The molecule has 2 aliphatic heterocycles. The van der Waals surface area contributed by atoms with Gasteiger partial charge in [-0.3, -0.25) is 19.4 Å². The Balaban J connectivity index is 0.000000294. The molecular formula is C56H60F18N2O4. The van der Waals surface area contributed by atoms with Crippen molar-refractivity contribution in [1.29, 1.82) is 0 Å². The minimum Gasteiger partial charge on any atom is -0.466 e. The first-order valence-electron chi connectivity index (χ1n) is 25.8. The number of esters is 2. The molecule has 24 heteroatoms. The van der Waals surface area contributed by atoms with Crippen molar-refractivity contribution in [3.8, 4) is 0 Å². The lowest BCUT2D eigenvalue weighted by atomic mass is 9.79.